The third-order valence-corrected chi connectivity index (χ3v) is 8.11. The molecule has 1 aliphatic heterocycles. The predicted octanol–water partition coefficient (Wildman–Crippen LogP) is 4.29. The fourth-order valence-corrected chi connectivity index (χ4v) is 5.13. The van der Waals surface area contributed by atoms with Gasteiger partial charge in [-0.1, -0.05) is 53.2 Å². The molecule has 0 spiro atoms. The van der Waals surface area contributed by atoms with E-state index in [1.54, 1.807) is 6.07 Å². The van der Waals surface area contributed by atoms with Gasteiger partial charge in [0.1, 0.15) is 5.75 Å². The van der Waals surface area contributed by atoms with E-state index in [1.807, 2.05) is 32.0 Å². The molecule has 0 bridgehead atoms. The zero-order valence-corrected chi connectivity index (χ0v) is 28.5. The van der Waals surface area contributed by atoms with Crippen LogP contribution in [0.15, 0.2) is 24.3 Å². The maximum Gasteiger partial charge on any atom is 0.255 e. The number of nitrogens with one attached hydrogen (secondary N) is 2. The van der Waals surface area contributed by atoms with Gasteiger partial charge in [-0.25, -0.2) is 0 Å². The van der Waals surface area contributed by atoms with Crippen LogP contribution in [0.2, 0.25) is 0 Å². The van der Waals surface area contributed by atoms with E-state index in [0.717, 1.165) is 52.1 Å². The Morgan fingerprint density at radius 1 is 1.02 bits per heavy atom. The number of para-hydroxylation sites is 1. The van der Waals surface area contributed by atoms with Crippen molar-refractivity contribution in [2.45, 2.75) is 78.9 Å². The summed E-state index contributed by atoms with van der Waals surface area (Å²) in [4.78, 5) is 28.2. The molecule has 250 valence electrons. The number of halogens is 2. The van der Waals surface area contributed by atoms with Crippen molar-refractivity contribution in [3.8, 4) is 5.75 Å². The van der Waals surface area contributed by atoms with E-state index in [-0.39, 0.29) is 60.3 Å². The Morgan fingerprint density at radius 3 is 2.33 bits per heavy atom. The van der Waals surface area contributed by atoms with E-state index in [0.29, 0.717) is 43.9 Å². The third kappa shape index (κ3) is 15.3. The second kappa shape index (κ2) is 22.8. The smallest absolute Gasteiger partial charge is 0.255 e. The van der Waals surface area contributed by atoms with Gasteiger partial charge in [-0.2, -0.15) is 0 Å². The molecule has 0 radical (unpaired) electrons. The molecule has 9 nitrogen and oxygen atoms in total. The minimum absolute atomic E-state index is 0. The molecule has 43 heavy (non-hydrogen) atoms. The second-order valence-corrected chi connectivity index (χ2v) is 12.1. The standard InChI is InChI=1S/C32H56N4O5.2ClH/c1-6-7-13-34-32(39)27(24(4)5)21-29(37)28(33)20-25(23(2)3)22-35-31(38)26-11-8-9-12-30(26)41-17-10-14-36-15-18-40-19-16-36;;/h8-9,11-12,23-25,27-29,37H,6-7,10,13-22,33H2,1-5H3,(H,34,39)(H,35,38);2*1H/t25-,27+,28+,29+;;/m1../s1. The molecule has 0 aromatic heterocycles. The van der Waals surface area contributed by atoms with Crippen molar-refractivity contribution in [1.29, 1.82) is 0 Å². The number of carbonyl (C=O) groups excluding carboxylic acids is 2. The average Bonchev–Trinajstić information content (AvgIpc) is 2.96. The summed E-state index contributed by atoms with van der Waals surface area (Å²) in [7, 11) is 0. The average molecular weight is 650 g/mol. The lowest BCUT2D eigenvalue weighted by Crippen LogP contribution is -2.44. The van der Waals surface area contributed by atoms with Gasteiger partial charge in [0.2, 0.25) is 5.91 Å². The van der Waals surface area contributed by atoms with Gasteiger partial charge in [0, 0.05) is 44.7 Å². The lowest BCUT2D eigenvalue weighted by Gasteiger charge is -2.30. The molecular weight excluding hydrogens is 591 g/mol. The molecule has 0 saturated carbocycles. The maximum atomic E-state index is 13.2. The lowest BCUT2D eigenvalue weighted by molar-refractivity contribution is -0.127. The number of aliphatic hydroxyl groups excluding tert-OH is 1. The van der Waals surface area contributed by atoms with Crippen molar-refractivity contribution in [2.75, 3.05) is 52.5 Å². The van der Waals surface area contributed by atoms with Crippen LogP contribution in [0.5, 0.6) is 5.75 Å². The van der Waals surface area contributed by atoms with E-state index in [1.165, 1.54) is 0 Å². The van der Waals surface area contributed by atoms with Gasteiger partial charge in [0.25, 0.3) is 5.91 Å². The van der Waals surface area contributed by atoms with Crippen molar-refractivity contribution in [2.24, 2.45) is 29.4 Å². The quantitative estimate of drug-likeness (QED) is 0.165. The Hall–Kier alpha value is -1.62. The normalized spacial score (nSPS) is 16.4. The largest absolute Gasteiger partial charge is 0.493 e. The summed E-state index contributed by atoms with van der Waals surface area (Å²) in [6, 6.07) is 6.83. The second-order valence-electron chi connectivity index (χ2n) is 12.1. The highest BCUT2D eigenvalue weighted by Crippen LogP contribution is 2.24. The van der Waals surface area contributed by atoms with Gasteiger partial charge in [0.15, 0.2) is 0 Å². The first-order valence-corrected chi connectivity index (χ1v) is 15.6. The van der Waals surface area contributed by atoms with E-state index >= 15 is 0 Å². The molecule has 1 saturated heterocycles. The molecule has 5 N–H and O–H groups in total. The molecule has 1 aromatic carbocycles. The molecule has 1 fully saturated rings. The predicted molar refractivity (Wildman–Crippen MR) is 178 cm³/mol. The zero-order chi connectivity index (χ0) is 30.2. The molecule has 2 amide bonds. The van der Waals surface area contributed by atoms with E-state index in [9.17, 15) is 14.7 Å². The number of morpholine rings is 1. The molecule has 0 aliphatic carbocycles. The number of nitrogens with two attached hydrogens (primary N) is 1. The van der Waals surface area contributed by atoms with Gasteiger partial charge in [-0.05, 0) is 55.6 Å². The van der Waals surface area contributed by atoms with Crippen molar-refractivity contribution in [3.05, 3.63) is 29.8 Å². The maximum absolute atomic E-state index is 13.2. The monoisotopic (exact) mass is 648 g/mol. The molecular formula is C32H58Cl2N4O5. The molecule has 1 heterocycles. The van der Waals surface area contributed by atoms with Crippen LogP contribution in [-0.4, -0.2) is 86.5 Å². The highest BCUT2D eigenvalue weighted by atomic mass is 35.5. The number of amides is 2. The van der Waals surface area contributed by atoms with Crippen LogP contribution in [0.25, 0.3) is 0 Å². The van der Waals surface area contributed by atoms with Crippen molar-refractivity contribution in [1.82, 2.24) is 15.5 Å². The van der Waals surface area contributed by atoms with Gasteiger partial charge in [0.05, 0.1) is 31.5 Å². The van der Waals surface area contributed by atoms with E-state index in [2.05, 4.69) is 36.3 Å². The SMILES string of the molecule is CCCCNC(=O)[C@@H](C[C@H](O)[C@@H](N)C[C@H](CNC(=O)c1ccccc1OCCCN1CCOCC1)C(C)C)C(C)C.Cl.Cl. The summed E-state index contributed by atoms with van der Waals surface area (Å²) in [5.41, 5.74) is 6.98. The Labute approximate surface area is 272 Å². The Bertz CT molecular complexity index is 902. The zero-order valence-electron chi connectivity index (χ0n) is 26.9. The number of carbonyl (C=O) groups is 2. The highest BCUT2D eigenvalue weighted by molar-refractivity contribution is 5.96. The first-order chi connectivity index (χ1) is 19.6. The Balaban J connectivity index is 0.00000882. The summed E-state index contributed by atoms with van der Waals surface area (Å²) >= 11 is 0. The summed E-state index contributed by atoms with van der Waals surface area (Å²) in [6.07, 6.45) is 2.89. The van der Waals surface area contributed by atoms with E-state index < -0.39 is 12.1 Å². The minimum Gasteiger partial charge on any atom is -0.493 e. The first kappa shape index (κ1) is 41.4. The van der Waals surface area contributed by atoms with Crippen LogP contribution < -0.4 is 21.1 Å². The van der Waals surface area contributed by atoms with Crippen LogP contribution in [0.1, 0.15) is 77.1 Å². The summed E-state index contributed by atoms with van der Waals surface area (Å²) in [5, 5.41) is 17.0. The lowest BCUT2D eigenvalue weighted by atomic mass is 9.83. The van der Waals surface area contributed by atoms with Crippen LogP contribution in [0, 0.1) is 23.7 Å². The summed E-state index contributed by atoms with van der Waals surface area (Å²) < 4.78 is 11.4. The minimum atomic E-state index is -0.803. The number of aliphatic hydroxyl groups is 1. The molecule has 11 heteroatoms. The van der Waals surface area contributed by atoms with Gasteiger partial charge in [-0.15, -0.1) is 24.8 Å². The van der Waals surface area contributed by atoms with Crippen LogP contribution in [0.3, 0.4) is 0 Å². The van der Waals surface area contributed by atoms with E-state index in [4.69, 9.17) is 15.2 Å². The highest BCUT2D eigenvalue weighted by Gasteiger charge is 2.29. The van der Waals surface area contributed by atoms with Crippen molar-refractivity contribution >= 4 is 36.6 Å². The first-order valence-electron chi connectivity index (χ1n) is 15.6. The molecule has 2 rings (SSSR count). The number of rotatable bonds is 19. The van der Waals surface area contributed by atoms with Crippen LogP contribution in [0.4, 0.5) is 0 Å². The Kier molecular flexibility index (Phi) is 22.0. The third-order valence-electron chi connectivity index (χ3n) is 8.11. The van der Waals surface area contributed by atoms with Gasteiger partial charge in [-0.3, -0.25) is 14.5 Å². The molecule has 4 atom stereocenters. The van der Waals surface area contributed by atoms with Crippen LogP contribution >= 0.6 is 24.8 Å². The summed E-state index contributed by atoms with van der Waals surface area (Å²) in [6.45, 7) is 16.3. The van der Waals surface area contributed by atoms with Gasteiger partial charge >= 0.3 is 0 Å². The number of benzene rings is 1. The molecule has 1 aromatic rings. The van der Waals surface area contributed by atoms with Crippen LogP contribution in [-0.2, 0) is 9.53 Å². The topological polar surface area (TPSA) is 126 Å². The van der Waals surface area contributed by atoms with Crippen molar-refractivity contribution < 1.29 is 24.2 Å². The summed E-state index contributed by atoms with van der Waals surface area (Å²) in [5.74, 6) is 0.499. The molecule has 1 aliphatic rings. The van der Waals surface area contributed by atoms with Crippen molar-refractivity contribution in [3.63, 3.8) is 0 Å². The number of hydrogen-bond acceptors (Lipinski definition) is 7. The Morgan fingerprint density at radius 2 is 1.70 bits per heavy atom. The number of unbranched alkanes of at least 4 members (excludes halogenated alkanes) is 1. The van der Waals surface area contributed by atoms with Gasteiger partial charge < -0.3 is 30.9 Å². The fourth-order valence-electron chi connectivity index (χ4n) is 5.13. The number of hydrogen-bond donors (Lipinski definition) is 4. The number of nitrogens with zero attached hydrogens (tertiary/aromatic N) is 1. The molecule has 0 unspecified atom stereocenters. The number of ether oxygens (including phenoxy) is 2. The fraction of sp³-hybridized carbons (Fsp3) is 0.750.